The molecule has 0 aliphatic rings. The van der Waals surface area contributed by atoms with E-state index in [0.29, 0.717) is -2.56 Å². The molecule has 0 bridgehead atoms. The molecule has 0 nitrogen and oxygen atoms in total. The van der Waals surface area contributed by atoms with Crippen LogP contribution >= 0.6 is 90.4 Å². The van der Waals surface area contributed by atoms with E-state index in [2.05, 4.69) is 90.4 Å². The summed E-state index contributed by atoms with van der Waals surface area (Å²) in [5.41, 5.74) is 0. The molecule has 5 heavy (non-hydrogen) atoms. The third-order valence-corrected chi connectivity index (χ3v) is 0. The van der Waals surface area contributed by atoms with E-state index in [-0.39, 0.29) is 0 Å². The van der Waals surface area contributed by atoms with Crippen molar-refractivity contribution in [3.8, 4) is 0 Å². The molecule has 4 heteroatoms. The van der Waals surface area contributed by atoms with Crippen LogP contribution in [0, 0.1) is 0 Å². The van der Waals surface area contributed by atoms with Crippen molar-refractivity contribution in [2.75, 3.05) is 0 Å². The molecule has 0 aliphatic heterocycles. The van der Waals surface area contributed by atoms with Crippen LogP contribution in [0.4, 0.5) is 0 Å². The molecule has 0 unspecified atom stereocenters. The minimum atomic E-state index is 0.380. The van der Waals surface area contributed by atoms with E-state index in [0.717, 1.165) is 0 Å². The fourth-order valence-electron chi connectivity index (χ4n) is 0. The summed E-state index contributed by atoms with van der Waals surface area (Å²) in [7, 11) is 0. The van der Waals surface area contributed by atoms with Crippen LogP contribution in [-0.2, 0) is 0 Å². The molecule has 0 rings (SSSR count). The zero-order valence-electron chi connectivity index (χ0n) is 2.01. The Morgan fingerprint density at radius 2 is 0.800 bits per heavy atom. The number of hydrogen-bond donors (Lipinski definition) is 0. The largest absolute Gasteiger partial charge is 0.174 e. The summed E-state index contributed by atoms with van der Waals surface area (Å²) >= 11 is 9.35. The number of alkyl halides is 4. The highest BCUT2D eigenvalue weighted by molar-refractivity contribution is 14.4. The van der Waals surface area contributed by atoms with Crippen LogP contribution in [0.25, 0.3) is 0 Å². The molecule has 0 saturated heterocycles. The predicted octanol–water partition coefficient (Wildman–Crippen LogP) is 3.34. The summed E-state index contributed by atoms with van der Waals surface area (Å²) in [4.78, 5) is 0. The molecule has 32 valence electrons. The Balaban J connectivity index is 3.02. The summed E-state index contributed by atoms with van der Waals surface area (Å²) in [6, 6.07) is 0. The van der Waals surface area contributed by atoms with Gasteiger partial charge < -0.3 is 0 Å². The smallest absolute Gasteiger partial charge is 0.0434 e. The Kier molecular flexibility index (Phi) is 4.83. The maximum atomic E-state index is 2.34. The highest BCUT2D eigenvalue weighted by Crippen LogP contribution is 2.42. The third-order valence-electron chi connectivity index (χ3n) is 0. The molecule has 0 spiro atoms. The van der Waals surface area contributed by atoms with Crippen LogP contribution in [0.2, 0.25) is 0 Å². The van der Waals surface area contributed by atoms with Gasteiger partial charge in [0.25, 0.3) is 0 Å². The average Bonchev–Trinajstić information content (AvgIpc) is 0.722. The Labute approximate surface area is 85.8 Å². The predicted molar refractivity (Wildman–Crippen MR) is 58.8 cm³/mol. The SMILES string of the molecule is IC(I)(I)I. The van der Waals surface area contributed by atoms with E-state index in [9.17, 15) is 0 Å². The minimum absolute atomic E-state index is 0.380. The van der Waals surface area contributed by atoms with E-state index in [1.165, 1.54) is 0 Å². The Morgan fingerprint density at radius 3 is 0.800 bits per heavy atom. The molecule has 0 aromatic rings. The second kappa shape index (κ2) is 3.05. The molecule has 0 aromatic heterocycles. The number of halogens is 4. The van der Waals surface area contributed by atoms with Gasteiger partial charge in [-0.15, -0.1) is 0 Å². The zero-order valence-corrected chi connectivity index (χ0v) is 10.6. The average molecular weight is 520 g/mol. The first-order valence-corrected chi connectivity index (χ1v) is 5.07. The monoisotopic (exact) mass is 520 g/mol. The maximum absolute atomic E-state index is 2.34. The second-order valence-electron chi connectivity index (χ2n) is 0.429. The zero-order chi connectivity index (χ0) is 4.50. The first kappa shape index (κ1) is 7.92. The van der Waals surface area contributed by atoms with Crippen LogP contribution in [0.1, 0.15) is 0 Å². The standard InChI is InChI=1S/CI4/c2-1(3,4)5. The molecule has 0 amide bonds. The first-order valence-electron chi connectivity index (χ1n) is 0.756. The number of hydrogen-bond acceptors (Lipinski definition) is 0. The van der Waals surface area contributed by atoms with Crippen LogP contribution in [0.15, 0.2) is 0 Å². The molecular weight excluding hydrogens is 520 g/mol. The molecule has 0 radical (unpaired) electrons. The van der Waals surface area contributed by atoms with Gasteiger partial charge in [0, 0.05) is 0 Å². The summed E-state index contributed by atoms with van der Waals surface area (Å²) in [6.45, 7) is 0. The van der Waals surface area contributed by atoms with Crippen LogP contribution in [0.5, 0.6) is 0 Å². The van der Waals surface area contributed by atoms with Gasteiger partial charge in [-0.05, 0) is 90.4 Å². The summed E-state index contributed by atoms with van der Waals surface area (Å²) < 4.78 is 0.380. The highest BCUT2D eigenvalue weighted by Gasteiger charge is 2.07. The molecule has 0 atom stereocenters. The molecular formula is CI4. The van der Waals surface area contributed by atoms with Gasteiger partial charge in [0.15, 0.2) is -2.56 Å². The Hall–Kier alpha value is 2.92. The topological polar surface area (TPSA) is 0 Å². The van der Waals surface area contributed by atoms with Crippen molar-refractivity contribution in [1.82, 2.24) is 0 Å². The fourth-order valence-corrected chi connectivity index (χ4v) is 0. The van der Waals surface area contributed by atoms with Gasteiger partial charge >= 0.3 is 0 Å². The van der Waals surface area contributed by atoms with Crippen molar-refractivity contribution in [3.63, 3.8) is 0 Å². The van der Waals surface area contributed by atoms with Gasteiger partial charge in [0.1, 0.15) is 0 Å². The van der Waals surface area contributed by atoms with E-state index in [1.807, 2.05) is 0 Å². The van der Waals surface area contributed by atoms with Gasteiger partial charge in [-0.2, -0.15) is 0 Å². The van der Waals surface area contributed by atoms with Crippen LogP contribution < -0.4 is 0 Å². The normalized spacial score (nSPS) is 12.0. The lowest BCUT2D eigenvalue weighted by Crippen LogP contribution is -1.73. The van der Waals surface area contributed by atoms with Gasteiger partial charge in [0.05, 0.1) is 0 Å². The van der Waals surface area contributed by atoms with Crippen molar-refractivity contribution < 1.29 is 0 Å². The Bertz CT molecular complexity index is 19.1. The van der Waals surface area contributed by atoms with Crippen molar-refractivity contribution in [2.45, 2.75) is -2.56 Å². The maximum Gasteiger partial charge on any atom is 0.174 e. The third kappa shape index (κ3) is 19.6. The fraction of sp³-hybridized carbons (Fsp3) is 1.00. The molecule has 0 saturated carbocycles. The van der Waals surface area contributed by atoms with E-state index in [4.69, 9.17) is 0 Å². The molecule has 0 aromatic carbocycles. The van der Waals surface area contributed by atoms with Gasteiger partial charge in [-0.25, -0.2) is 0 Å². The lowest BCUT2D eigenvalue weighted by atomic mass is 12.0. The van der Waals surface area contributed by atoms with E-state index in [1.54, 1.807) is 0 Å². The molecule has 0 N–H and O–H groups in total. The lowest BCUT2D eigenvalue weighted by Gasteiger charge is -1.94. The molecule has 0 heterocycles. The van der Waals surface area contributed by atoms with Crippen molar-refractivity contribution in [2.24, 2.45) is 0 Å². The van der Waals surface area contributed by atoms with Gasteiger partial charge in [0.2, 0.25) is 0 Å². The number of rotatable bonds is 0. The second-order valence-corrected chi connectivity index (χ2v) is 19.3. The van der Waals surface area contributed by atoms with Crippen LogP contribution in [0.3, 0.4) is 0 Å². The van der Waals surface area contributed by atoms with Gasteiger partial charge in [-0.3, -0.25) is 0 Å². The minimum Gasteiger partial charge on any atom is -0.0434 e. The first-order chi connectivity index (χ1) is 2.00. The molecule has 0 fully saturated rings. The van der Waals surface area contributed by atoms with Crippen molar-refractivity contribution in [3.05, 3.63) is 0 Å². The summed E-state index contributed by atoms with van der Waals surface area (Å²) in [5, 5.41) is 0. The van der Waals surface area contributed by atoms with Gasteiger partial charge in [-0.1, -0.05) is 0 Å². The van der Waals surface area contributed by atoms with E-state index >= 15 is 0 Å². The summed E-state index contributed by atoms with van der Waals surface area (Å²) in [5.74, 6) is 0. The van der Waals surface area contributed by atoms with E-state index < -0.39 is 0 Å². The Morgan fingerprint density at radius 1 is 0.800 bits per heavy atom. The van der Waals surface area contributed by atoms with Crippen molar-refractivity contribution in [1.29, 1.82) is 0 Å². The van der Waals surface area contributed by atoms with Crippen molar-refractivity contribution >= 4 is 90.4 Å². The summed E-state index contributed by atoms with van der Waals surface area (Å²) in [6.07, 6.45) is 0. The molecule has 0 aliphatic carbocycles. The quantitative estimate of drug-likeness (QED) is 0.340. The lowest BCUT2D eigenvalue weighted by molar-refractivity contribution is 2.39. The highest BCUT2D eigenvalue weighted by atomic mass is 127. The van der Waals surface area contributed by atoms with Crippen LogP contribution in [-0.4, -0.2) is -2.56 Å².